The van der Waals surface area contributed by atoms with Gasteiger partial charge < -0.3 is 10.2 Å². The van der Waals surface area contributed by atoms with Crippen LogP contribution in [0.5, 0.6) is 0 Å². The molecule has 2 rings (SSSR count). The molecule has 1 fully saturated rings. The Labute approximate surface area is 79.6 Å². The molecule has 0 aromatic heterocycles. The van der Waals surface area contributed by atoms with E-state index in [-0.39, 0.29) is 0 Å². The van der Waals surface area contributed by atoms with E-state index in [9.17, 15) is 0 Å². The smallest absolute Gasteiger partial charge is 0.0361 e. The molecule has 1 aromatic carbocycles. The lowest BCUT2D eigenvalue weighted by Crippen LogP contribution is -2.34. The zero-order valence-corrected chi connectivity index (χ0v) is 8.25. The molecule has 13 heavy (non-hydrogen) atoms. The fourth-order valence-electron chi connectivity index (χ4n) is 1.58. The first-order chi connectivity index (χ1) is 6.27. The van der Waals surface area contributed by atoms with Crippen molar-refractivity contribution < 1.29 is 0 Å². The van der Waals surface area contributed by atoms with E-state index in [1.165, 1.54) is 24.2 Å². The number of rotatable bonds is 2. The molecule has 1 unspecified atom stereocenters. The van der Waals surface area contributed by atoms with Crippen molar-refractivity contribution in [3.05, 3.63) is 29.8 Å². The Balaban J connectivity index is 2.13. The standard InChI is InChI=1S/C11H16N2/c1-13(2)10-5-3-9(4-6-10)11-7-8-12-11/h3-6,11-12H,7-8H2,1-2H3. The molecule has 0 bridgehead atoms. The monoisotopic (exact) mass is 176 g/mol. The molecule has 0 aliphatic carbocycles. The molecule has 1 saturated heterocycles. The maximum Gasteiger partial charge on any atom is 0.0361 e. The van der Waals surface area contributed by atoms with Gasteiger partial charge in [-0.2, -0.15) is 0 Å². The molecule has 0 amide bonds. The predicted molar refractivity (Wildman–Crippen MR) is 56.1 cm³/mol. The summed E-state index contributed by atoms with van der Waals surface area (Å²) >= 11 is 0. The van der Waals surface area contributed by atoms with Crippen molar-refractivity contribution in [1.82, 2.24) is 5.32 Å². The summed E-state index contributed by atoms with van der Waals surface area (Å²) in [5, 5.41) is 3.40. The second kappa shape index (κ2) is 3.38. The van der Waals surface area contributed by atoms with Crippen LogP contribution in [0, 0.1) is 0 Å². The van der Waals surface area contributed by atoms with Crippen molar-refractivity contribution in [3.63, 3.8) is 0 Å². The van der Waals surface area contributed by atoms with Crippen LogP contribution < -0.4 is 10.2 Å². The zero-order chi connectivity index (χ0) is 9.26. The van der Waals surface area contributed by atoms with Crippen LogP contribution in [0.2, 0.25) is 0 Å². The van der Waals surface area contributed by atoms with Crippen LogP contribution in [0.15, 0.2) is 24.3 Å². The molecule has 1 heterocycles. The van der Waals surface area contributed by atoms with Gasteiger partial charge in [-0.1, -0.05) is 12.1 Å². The number of nitrogens with zero attached hydrogens (tertiary/aromatic N) is 1. The lowest BCUT2D eigenvalue weighted by atomic mass is 9.98. The third-order valence-corrected chi connectivity index (χ3v) is 2.64. The summed E-state index contributed by atoms with van der Waals surface area (Å²) in [6.45, 7) is 1.17. The van der Waals surface area contributed by atoms with Gasteiger partial charge in [0.05, 0.1) is 0 Å². The van der Waals surface area contributed by atoms with E-state index in [4.69, 9.17) is 0 Å². The molecule has 0 radical (unpaired) electrons. The highest BCUT2D eigenvalue weighted by Gasteiger charge is 2.17. The molecule has 2 heteroatoms. The summed E-state index contributed by atoms with van der Waals surface area (Å²) < 4.78 is 0. The average Bonchev–Trinajstić information content (AvgIpc) is 2.02. The Kier molecular flexibility index (Phi) is 2.23. The highest BCUT2D eigenvalue weighted by molar-refractivity contribution is 5.46. The van der Waals surface area contributed by atoms with Crippen LogP contribution in [0.4, 0.5) is 5.69 Å². The van der Waals surface area contributed by atoms with Gasteiger partial charge in [-0.15, -0.1) is 0 Å². The van der Waals surface area contributed by atoms with Crippen LogP contribution in [-0.4, -0.2) is 20.6 Å². The summed E-state index contributed by atoms with van der Waals surface area (Å²) in [5.41, 5.74) is 2.68. The summed E-state index contributed by atoms with van der Waals surface area (Å²) in [6.07, 6.45) is 1.28. The van der Waals surface area contributed by atoms with Gasteiger partial charge in [0, 0.05) is 25.8 Å². The van der Waals surface area contributed by atoms with E-state index >= 15 is 0 Å². The first-order valence-corrected chi connectivity index (χ1v) is 4.78. The van der Waals surface area contributed by atoms with Crippen molar-refractivity contribution in [2.24, 2.45) is 0 Å². The zero-order valence-electron chi connectivity index (χ0n) is 8.25. The first kappa shape index (κ1) is 8.57. The number of hydrogen-bond donors (Lipinski definition) is 1. The second-order valence-corrected chi connectivity index (χ2v) is 3.78. The normalized spacial score (nSPS) is 20.9. The number of anilines is 1. The Morgan fingerprint density at radius 2 is 1.85 bits per heavy atom. The third-order valence-electron chi connectivity index (χ3n) is 2.64. The van der Waals surface area contributed by atoms with E-state index in [2.05, 4.69) is 48.6 Å². The molecule has 70 valence electrons. The molecule has 0 spiro atoms. The maximum absolute atomic E-state index is 3.40. The maximum atomic E-state index is 3.40. The van der Waals surface area contributed by atoms with E-state index < -0.39 is 0 Å². The second-order valence-electron chi connectivity index (χ2n) is 3.78. The number of hydrogen-bond acceptors (Lipinski definition) is 2. The molecular weight excluding hydrogens is 160 g/mol. The highest BCUT2D eigenvalue weighted by Crippen LogP contribution is 2.24. The first-order valence-electron chi connectivity index (χ1n) is 4.78. The van der Waals surface area contributed by atoms with Gasteiger partial charge in [-0.25, -0.2) is 0 Å². The molecule has 1 N–H and O–H groups in total. The lowest BCUT2D eigenvalue weighted by molar-refractivity contribution is 0.383. The fraction of sp³-hybridized carbons (Fsp3) is 0.455. The fourth-order valence-corrected chi connectivity index (χ4v) is 1.58. The summed E-state index contributed by atoms with van der Waals surface area (Å²) in [7, 11) is 4.13. The Morgan fingerprint density at radius 3 is 2.23 bits per heavy atom. The van der Waals surface area contributed by atoms with Crippen LogP contribution in [0.3, 0.4) is 0 Å². The van der Waals surface area contributed by atoms with Gasteiger partial charge in [-0.3, -0.25) is 0 Å². The molecule has 1 aromatic rings. The van der Waals surface area contributed by atoms with E-state index in [1.807, 2.05) is 0 Å². The van der Waals surface area contributed by atoms with Crippen LogP contribution >= 0.6 is 0 Å². The van der Waals surface area contributed by atoms with Gasteiger partial charge in [0.15, 0.2) is 0 Å². The van der Waals surface area contributed by atoms with Crippen molar-refractivity contribution in [2.75, 3.05) is 25.5 Å². The van der Waals surface area contributed by atoms with Crippen molar-refractivity contribution >= 4 is 5.69 Å². The predicted octanol–water partition coefficient (Wildman–Crippen LogP) is 1.79. The Hall–Kier alpha value is -1.02. The van der Waals surface area contributed by atoms with E-state index in [0.29, 0.717) is 6.04 Å². The van der Waals surface area contributed by atoms with Gasteiger partial charge in [-0.05, 0) is 30.7 Å². The van der Waals surface area contributed by atoms with Crippen LogP contribution in [-0.2, 0) is 0 Å². The SMILES string of the molecule is CN(C)c1ccc(C2CCN2)cc1. The quantitative estimate of drug-likeness (QED) is 0.739. The lowest BCUT2D eigenvalue weighted by Gasteiger charge is -2.28. The van der Waals surface area contributed by atoms with Gasteiger partial charge >= 0.3 is 0 Å². The van der Waals surface area contributed by atoms with Gasteiger partial charge in [0.25, 0.3) is 0 Å². The van der Waals surface area contributed by atoms with Crippen molar-refractivity contribution in [1.29, 1.82) is 0 Å². The topological polar surface area (TPSA) is 15.3 Å². The van der Waals surface area contributed by atoms with E-state index in [1.54, 1.807) is 0 Å². The Bertz CT molecular complexity index is 273. The minimum Gasteiger partial charge on any atom is -0.378 e. The largest absolute Gasteiger partial charge is 0.378 e. The van der Waals surface area contributed by atoms with Crippen molar-refractivity contribution in [2.45, 2.75) is 12.5 Å². The molecule has 1 aliphatic heterocycles. The molecular formula is C11H16N2. The summed E-state index contributed by atoms with van der Waals surface area (Å²) in [6, 6.07) is 9.39. The van der Waals surface area contributed by atoms with Gasteiger partial charge in [0.2, 0.25) is 0 Å². The summed E-state index contributed by atoms with van der Waals surface area (Å²) in [4.78, 5) is 2.12. The Morgan fingerprint density at radius 1 is 1.23 bits per heavy atom. The third kappa shape index (κ3) is 1.68. The average molecular weight is 176 g/mol. The number of nitrogens with one attached hydrogen (secondary N) is 1. The van der Waals surface area contributed by atoms with E-state index in [0.717, 1.165) is 0 Å². The molecule has 2 nitrogen and oxygen atoms in total. The highest BCUT2D eigenvalue weighted by atomic mass is 15.1. The van der Waals surface area contributed by atoms with Crippen LogP contribution in [0.25, 0.3) is 0 Å². The molecule has 1 aliphatic rings. The minimum atomic E-state index is 0.608. The van der Waals surface area contributed by atoms with Crippen LogP contribution in [0.1, 0.15) is 18.0 Å². The number of benzene rings is 1. The molecule has 1 atom stereocenters. The molecule has 0 saturated carbocycles. The summed E-state index contributed by atoms with van der Waals surface area (Å²) in [5.74, 6) is 0. The van der Waals surface area contributed by atoms with Gasteiger partial charge in [0.1, 0.15) is 0 Å². The minimum absolute atomic E-state index is 0.608. The van der Waals surface area contributed by atoms with Crippen molar-refractivity contribution in [3.8, 4) is 0 Å².